The number of alkyl halides is 1. The van der Waals surface area contributed by atoms with Crippen LogP contribution in [0, 0.1) is 11.3 Å². The van der Waals surface area contributed by atoms with Gasteiger partial charge in [0.2, 0.25) is 11.8 Å². The van der Waals surface area contributed by atoms with Crippen molar-refractivity contribution in [2.24, 2.45) is 11.3 Å². The third-order valence-corrected chi connectivity index (χ3v) is 3.20. The molecule has 0 spiro atoms. The van der Waals surface area contributed by atoms with Crippen molar-refractivity contribution in [3.63, 3.8) is 0 Å². The molecule has 1 heterocycles. The van der Waals surface area contributed by atoms with Crippen molar-refractivity contribution in [3.05, 3.63) is 0 Å². The van der Waals surface area contributed by atoms with Crippen LogP contribution in [-0.4, -0.2) is 34.9 Å². The molecule has 3 N–H and O–H groups in total. The molecular weight excluding hydrogens is 260 g/mol. The Morgan fingerprint density at radius 3 is 2.06 bits per heavy atom. The number of aliphatic hydroxyl groups is 1. The summed E-state index contributed by atoms with van der Waals surface area (Å²) in [7, 11) is 0. The number of urea groups is 1. The lowest BCUT2D eigenvalue weighted by atomic mass is 9.73. The number of aliphatic hydroxyl groups excluding tert-OH is 1. The summed E-state index contributed by atoms with van der Waals surface area (Å²) in [4.78, 5) is 35.0. The molecule has 0 aromatic rings. The highest BCUT2D eigenvalue weighted by molar-refractivity contribution is 6.20. The van der Waals surface area contributed by atoms with Gasteiger partial charge in [-0.2, -0.15) is 0 Å². The normalized spacial score (nSPS) is 20.6. The van der Waals surface area contributed by atoms with Crippen LogP contribution in [0.15, 0.2) is 0 Å². The van der Waals surface area contributed by atoms with Crippen LogP contribution in [0.5, 0.6) is 0 Å². The maximum absolute atomic E-state index is 12.0. The largest absolute Gasteiger partial charge is 0.392 e. The molecule has 1 rings (SSSR count). The Morgan fingerprint density at radius 1 is 1.17 bits per heavy atom. The Morgan fingerprint density at radius 2 is 1.67 bits per heavy atom. The van der Waals surface area contributed by atoms with Gasteiger partial charge in [-0.1, -0.05) is 13.8 Å². The zero-order chi connectivity index (χ0) is 13.9. The van der Waals surface area contributed by atoms with Gasteiger partial charge in [-0.3, -0.25) is 20.2 Å². The topological polar surface area (TPSA) is 95.5 Å². The lowest BCUT2D eigenvalue weighted by Crippen LogP contribution is -2.63. The predicted molar refractivity (Wildman–Crippen MR) is 64.9 cm³/mol. The molecule has 1 saturated heterocycles. The molecule has 1 aliphatic heterocycles. The van der Waals surface area contributed by atoms with Crippen molar-refractivity contribution in [2.45, 2.75) is 32.8 Å². The van der Waals surface area contributed by atoms with Gasteiger partial charge >= 0.3 is 6.03 Å². The third-order valence-electron chi connectivity index (χ3n) is 2.84. The molecule has 4 amide bonds. The van der Waals surface area contributed by atoms with E-state index in [-0.39, 0.29) is 24.6 Å². The SMILES string of the molecule is CC(C)CC1(CC(O)CCl)C(=O)NC(=O)NC1=O. The van der Waals surface area contributed by atoms with Gasteiger partial charge in [-0.15, -0.1) is 11.6 Å². The molecule has 0 aromatic carbocycles. The Kier molecular flexibility index (Phi) is 4.70. The van der Waals surface area contributed by atoms with Crippen LogP contribution < -0.4 is 10.6 Å². The van der Waals surface area contributed by atoms with Gasteiger partial charge in [0.05, 0.1) is 6.10 Å². The van der Waals surface area contributed by atoms with Gasteiger partial charge in [-0.05, 0) is 18.8 Å². The Hall–Kier alpha value is -1.14. The minimum Gasteiger partial charge on any atom is -0.392 e. The van der Waals surface area contributed by atoms with Crippen molar-refractivity contribution in [1.82, 2.24) is 10.6 Å². The Labute approximate surface area is 110 Å². The van der Waals surface area contributed by atoms with Crippen molar-refractivity contribution >= 4 is 29.4 Å². The molecule has 1 fully saturated rings. The molecule has 18 heavy (non-hydrogen) atoms. The second kappa shape index (κ2) is 5.67. The van der Waals surface area contributed by atoms with Gasteiger partial charge in [0.25, 0.3) is 0 Å². The van der Waals surface area contributed by atoms with E-state index in [4.69, 9.17) is 11.6 Å². The molecule has 0 bridgehead atoms. The first kappa shape index (κ1) is 14.9. The Bertz CT molecular complexity index is 350. The van der Waals surface area contributed by atoms with E-state index in [2.05, 4.69) is 10.6 Å². The highest BCUT2D eigenvalue weighted by atomic mass is 35.5. The second-order valence-electron chi connectivity index (χ2n) is 4.93. The minimum atomic E-state index is -1.43. The van der Waals surface area contributed by atoms with Crippen LogP contribution in [0.25, 0.3) is 0 Å². The van der Waals surface area contributed by atoms with E-state index in [9.17, 15) is 19.5 Å². The summed E-state index contributed by atoms with van der Waals surface area (Å²) in [5.41, 5.74) is -1.43. The standard InChI is InChI=1S/C11H17ClN2O4/c1-6(2)3-11(4-7(15)5-12)8(16)13-10(18)14-9(11)17/h6-7,15H,3-5H2,1-2H3,(H2,13,14,16,17,18). The fourth-order valence-electron chi connectivity index (χ4n) is 2.19. The molecule has 102 valence electrons. The smallest absolute Gasteiger partial charge is 0.328 e. The number of imide groups is 2. The fourth-order valence-corrected chi connectivity index (χ4v) is 2.30. The van der Waals surface area contributed by atoms with Crippen LogP contribution >= 0.6 is 11.6 Å². The second-order valence-corrected chi connectivity index (χ2v) is 5.24. The van der Waals surface area contributed by atoms with Gasteiger partial charge in [-0.25, -0.2) is 4.79 Å². The molecule has 0 aromatic heterocycles. The van der Waals surface area contributed by atoms with Crippen molar-refractivity contribution in [2.75, 3.05) is 5.88 Å². The zero-order valence-electron chi connectivity index (χ0n) is 10.3. The first-order chi connectivity index (χ1) is 8.31. The van der Waals surface area contributed by atoms with Crippen LogP contribution in [0.2, 0.25) is 0 Å². The summed E-state index contributed by atoms with van der Waals surface area (Å²) < 4.78 is 0. The number of amides is 4. The summed E-state index contributed by atoms with van der Waals surface area (Å²) in [6.45, 7) is 3.71. The van der Waals surface area contributed by atoms with Gasteiger partial charge in [0.15, 0.2) is 0 Å². The van der Waals surface area contributed by atoms with Crippen molar-refractivity contribution in [1.29, 1.82) is 0 Å². The quantitative estimate of drug-likeness (QED) is 0.499. The van der Waals surface area contributed by atoms with E-state index < -0.39 is 29.4 Å². The first-order valence-corrected chi connectivity index (χ1v) is 6.26. The summed E-state index contributed by atoms with van der Waals surface area (Å²) in [6.07, 6.45) is -0.832. The molecule has 0 saturated carbocycles. The van der Waals surface area contributed by atoms with E-state index in [1.54, 1.807) is 0 Å². The van der Waals surface area contributed by atoms with Gasteiger partial charge in [0.1, 0.15) is 5.41 Å². The number of halogens is 1. The number of carbonyl (C=O) groups excluding carboxylic acids is 3. The number of hydrogen-bond acceptors (Lipinski definition) is 4. The number of barbiturate groups is 1. The van der Waals surface area contributed by atoms with E-state index in [1.807, 2.05) is 13.8 Å². The van der Waals surface area contributed by atoms with E-state index in [0.717, 1.165) is 0 Å². The lowest BCUT2D eigenvalue weighted by Gasteiger charge is -2.36. The molecule has 0 radical (unpaired) electrons. The first-order valence-electron chi connectivity index (χ1n) is 5.72. The highest BCUT2D eigenvalue weighted by Crippen LogP contribution is 2.34. The van der Waals surface area contributed by atoms with E-state index in [1.165, 1.54) is 0 Å². The maximum Gasteiger partial charge on any atom is 0.328 e. The molecule has 1 aliphatic rings. The summed E-state index contributed by atoms with van der Waals surface area (Å²) in [6, 6.07) is -0.829. The van der Waals surface area contributed by atoms with Crippen LogP contribution in [-0.2, 0) is 9.59 Å². The molecule has 1 atom stereocenters. The van der Waals surface area contributed by atoms with E-state index >= 15 is 0 Å². The molecule has 7 heteroatoms. The minimum absolute atomic E-state index is 0.0530. The van der Waals surface area contributed by atoms with Crippen molar-refractivity contribution in [3.8, 4) is 0 Å². The predicted octanol–water partition coefficient (Wildman–Crippen LogP) is 0.375. The van der Waals surface area contributed by atoms with Gasteiger partial charge in [0, 0.05) is 5.88 Å². The third kappa shape index (κ3) is 3.00. The number of carbonyl (C=O) groups is 3. The average molecular weight is 277 g/mol. The van der Waals surface area contributed by atoms with Gasteiger partial charge < -0.3 is 5.11 Å². The van der Waals surface area contributed by atoms with Crippen LogP contribution in [0.4, 0.5) is 4.79 Å². The summed E-state index contributed by atoms with van der Waals surface area (Å²) >= 11 is 5.51. The van der Waals surface area contributed by atoms with Crippen LogP contribution in [0.3, 0.4) is 0 Å². The fraction of sp³-hybridized carbons (Fsp3) is 0.727. The summed E-state index contributed by atoms with van der Waals surface area (Å²) in [5.74, 6) is -1.37. The summed E-state index contributed by atoms with van der Waals surface area (Å²) in [5, 5.41) is 13.8. The number of rotatable bonds is 5. The zero-order valence-corrected chi connectivity index (χ0v) is 11.1. The van der Waals surface area contributed by atoms with E-state index in [0.29, 0.717) is 0 Å². The number of nitrogens with one attached hydrogen (secondary N) is 2. The maximum atomic E-state index is 12.0. The molecule has 6 nitrogen and oxygen atoms in total. The highest BCUT2D eigenvalue weighted by Gasteiger charge is 2.51. The van der Waals surface area contributed by atoms with Crippen LogP contribution in [0.1, 0.15) is 26.7 Å². The molecule has 1 unspecified atom stereocenters. The molecule has 0 aliphatic carbocycles. The number of hydrogen-bond donors (Lipinski definition) is 3. The monoisotopic (exact) mass is 276 g/mol. The van der Waals surface area contributed by atoms with Crippen molar-refractivity contribution < 1.29 is 19.5 Å². The Balaban J connectivity index is 3.05. The molecular formula is C11H17ClN2O4. The average Bonchev–Trinajstić information content (AvgIpc) is 2.24. The lowest BCUT2D eigenvalue weighted by molar-refractivity contribution is -0.147.